The molecule has 1 heterocycles. The Hall–Kier alpha value is -0.540. The monoisotopic (exact) mass is 173 g/mol. The van der Waals surface area contributed by atoms with Crippen molar-refractivity contribution < 1.29 is 4.39 Å². The molecular weight excluding hydrogens is 161 g/mol. The van der Waals surface area contributed by atoms with Gasteiger partial charge in [0.2, 0.25) is 0 Å². The molecule has 0 aromatic rings. The van der Waals surface area contributed by atoms with Gasteiger partial charge in [-0.2, -0.15) is 0 Å². The van der Waals surface area contributed by atoms with Crippen molar-refractivity contribution in [1.29, 1.82) is 0 Å². The molecule has 0 aromatic heterocycles. The van der Waals surface area contributed by atoms with Gasteiger partial charge in [0, 0.05) is 12.3 Å². The summed E-state index contributed by atoms with van der Waals surface area (Å²) in [6, 6.07) is 0. The van der Waals surface area contributed by atoms with Crippen LogP contribution in [0.15, 0.2) is 34.9 Å². The highest BCUT2D eigenvalue weighted by molar-refractivity contribution is 8.22. The van der Waals surface area contributed by atoms with Crippen molar-refractivity contribution in [3.63, 3.8) is 0 Å². The minimum Gasteiger partial charge on any atom is -0.327 e. The average Bonchev–Trinajstić information content (AvgIpc) is 2.40. The second-order valence-corrected chi connectivity index (χ2v) is 4.18. The van der Waals surface area contributed by atoms with Gasteiger partial charge in [-0.25, -0.2) is 15.3 Å². The van der Waals surface area contributed by atoms with E-state index in [1.807, 2.05) is 23.0 Å². The fraction of sp³-hybridized carbons (Fsp3) is 0.250. The van der Waals surface area contributed by atoms with Gasteiger partial charge in [-0.05, 0) is 16.9 Å². The molecule has 0 atom stereocenters. The third kappa shape index (κ3) is 2.91. The van der Waals surface area contributed by atoms with E-state index in [9.17, 15) is 4.39 Å². The van der Waals surface area contributed by atoms with Gasteiger partial charge < -0.3 is 5.73 Å². The van der Waals surface area contributed by atoms with Gasteiger partial charge in [0.1, 0.15) is 5.83 Å². The lowest BCUT2D eigenvalue weighted by atomic mass is 10.5. The fourth-order valence-corrected chi connectivity index (χ4v) is 2.27. The van der Waals surface area contributed by atoms with Crippen molar-refractivity contribution in [3.8, 4) is 0 Å². The predicted octanol–water partition coefficient (Wildman–Crippen LogP) is 1.84. The molecule has 1 rings (SSSR count). The molecule has 0 fully saturated rings. The summed E-state index contributed by atoms with van der Waals surface area (Å²) in [5.74, 6) is 0.425. The summed E-state index contributed by atoms with van der Waals surface area (Å²) in [5.41, 5.74) is 5.16. The summed E-state index contributed by atoms with van der Waals surface area (Å²) < 4.78 is 12.8. The van der Waals surface area contributed by atoms with Crippen molar-refractivity contribution in [2.24, 2.45) is 5.73 Å². The van der Waals surface area contributed by atoms with E-state index in [0.717, 1.165) is 0 Å². The summed E-state index contributed by atoms with van der Waals surface area (Å²) in [7, 11) is -0.356. The molecule has 0 saturated carbocycles. The second-order valence-electron chi connectivity index (χ2n) is 2.24. The maximum Gasteiger partial charge on any atom is 0.106 e. The number of hydrogen-bond acceptors (Lipinski definition) is 1. The molecule has 11 heavy (non-hydrogen) atoms. The molecule has 0 aliphatic carbocycles. The summed E-state index contributed by atoms with van der Waals surface area (Å²) in [6.07, 6.45) is 5.35. The van der Waals surface area contributed by atoms with E-state index in [1.54, 1.807) is 0 Å². The molecule has 0 radical (unpaired) electrons. The first kappa shape index (κ1) is 8.56. The van der Waals surface area contributed by atoms with Gasteiger partial charge >= 0.3 is 0 Å². The predicted molar refractivity (Wildman–Crippen MR) is 50.4 cm³/mol. The van der Waals surface area contributed by atoms with Crippen LogP contribution in [0.4, 0.5) is 4.39 Å². The minimum atomic E-state index is -0.356. The molecule has 0 unspecified atom stereocenters. The molecule has 0 amide bonds. The Morgan fingerprint density at radius 1 is 1.45 bits per heavy atom. The van der Waals surface area contributed by atoms with Crippen molar-refractivity contribution in [2.45, 2.75) is 0 Å². The van der Waals surface area contributed by atoms with E-state index in [1.165, 1.54) is 6.08 Å². The number of allylic oxidation sites excluding steroid dienone is 2. The van der Waals surface area contributed by atoms with Crippen LogP contribution < -0.4 is 5.73 Å². The molecule has 0 aromatic carbocycles. The van der Waals surface area contributed by atoms with Crippen LogP contribution in [0.25, 0.3) is 0 Å². The van der Waals surface area contributed by atoms with Gasteiger partial charge in [-0.3, -0.25) is 0 Å². The Balaban J connectivity index is 2.36. The highest BCUT2D eigenvalue weighted by atomic mass is 32.2. The first-order valence-corrected chi connectivity index (χ1v) is 5.15. The van der Waals surface area contributed by atoms with Gasteiger partial charge in [0.05, 0.1) is 0 Å². The quantitative estimate of drug-likeness (QED) is 0.626. The van der Waals surface area contributed by atoms with E-state index in [2.05, 4.69) is 0 Å². The standard InChI is InChI=1S/C8H12FNS/c9-8(3-4-10)7-11-5-1-2-6-11/h1-3,5-6,11H,4,7,10H2/b8-3+. The number of thiol groups is 1. The second kappa shape index (κ2) is 4.36. The summed E-state index contributed by atoms with van der Waals surface area (Å²) in [6.45, 7) is 0.294. The summed E-state index contributed by atoms with van der Waals surface area (Å²) >= 11 is 0. The highest BCUT2D eigenvalue weighted by Crippen LogP contribution is 2.34. The fourth-order valence-electron chi connectivity index (χ4n) is 0.842. The maximum absolute atomic E-state index is 12.8. The zero-order valence-corrected chi connectivity index (χ0v) is 7.10. The van der Waals surface area contributed by atoms with Gasteiger partial charge in [0.15, 0.2) is 0 Å². The van der Waals surface area contributed by atoms with Crippen LogP contribution in [0.2, 0.25) is 0 Å². The Labute approximate surface area is 68.8 Å². The molecule has 1 aliphatic heterocycles. The van der Waals surface area contributed by atoms with Gasteiger partial charge in [-0.1, -0.05) is 12.2 Å². The third-order valence-corrected chi connectivity index (χ3v) is 3.12. The molecule has 2 N–H and O–H groups in total. The van der Waals surface area contributed by atoms with E-state index >= 15 is 0 Å². The average molecular weight is 173 g/mol. The van der Waals surface area contributed by atoms with Crippen LogP contribution in [0.5, 0.6) is 0 Å². The molecule has 1 nitrogen and oxygen atoms in total. The molecular formula is C8H12FNS. The van der Waals surface area contributed by atoms with Crippen LogP contribution in [-0.4, -0.2) is 12.3 Å². The Morgan fingerprint density at radius 3 is 2.64 bits per heavy atom. The molecule has 0 bridgehead atoms. The van der Waals surface area contributed by atoms with Crippen LogP contribution in [0, 0.1) is 0 Å². The minimum absolute atomic E-state index is 0.0881. The number of hydrogen-bond donors (Lipinski definition) is 2. The van der Waals surface area contributed by atoms with E-state index in [4.69, 9.17) is 5.73 Å². The number of rotatable bonds is 3. The normalized spacial score (nSPS) is 19.8. The van der Waals surface area contributed by atoms with Crippen molar-refractivity contribution in [1.82, 2.24) is 0 Å². The van der Waals surface area contributed by atoms with Crippen LogP contribution in [-0.2, 0) is 0 Å². The Morgan fingerprint density at radius 2 is 2.09 bits per heavy atom. The Kier molecular flexibility index (Phi) is 3.39. The zero-order chi connectivity index (χ0) is 8.10. The van der Waals surface area contributed by atoms with Crippen LogP contribution >= 0.6 is 10.9 Å². The van der Waals surface area contributed by atoms with Crippen molar-refractivity contribution in [2.75, 3.05) is 12.3 Å². The number of nitrogens with two attached hydrogens (primary N) is 1. The largest absolute Gasteiger partial charge is 0.327 e. The van der Waals surface area contributed by atoms with Crippen molar-refractivity contribution in [3.05, 3.63) is 34.9 Å². The lowest BCUT2D eigenvalue weighted by Gasteiger charge is -2.06. The lowest BCUT2D eigenvalue weighted by Crippen LogP contribution is -1.95. The lowest BCUT2D eigenvalue weighted by molar-refractivity contribution is 0.640. The SMILES string of the molecule is NC/C=C(/F)C[SH]1C=CC=C1. The van der Waals surface area contributed by atoms with E-state index in [0.29, 0.717) is 12.3 Å². The molecule has 0 spiro atoms. The van der Waals surface area contributed by atoms with E-state index < -0.39 is 0 Å². The summed E-state index contributed by atoms with van der Waals surface area (Å²) in [5, 5.41) is 4.08. The third-order valence-electron chi connectivity index (χ3n) is 1.34. The number of halogens is 1. The first-order valence-electron chi connectivity index (χ1n) is 3.48. The topological polar surface area (TPSA) is 26.0 Å². The first-order chi connectivity index (χ1) is 5.33. The Bertz CT molecular complexity index is 196. The molecule has 0 saturated heterocycles. The zero-order valence-electron chi connectivity index (χ0n) is 6.20. The molecule has 3 heteroatoms. The highest BCUT2D eigenvalue weighted by Gasteiger charge is 2.01. The smallest absolute Gasteiger partial charge is 0.106 e. The van der Waals surface area contributed by atoms with Gasteiger partial charge in [0.25, 0.3) is 0 Å². The maximum atomic E-state index is 12.8. The molecule has 62 valence electrons. The van der Waals surface area contributed by atoms with Gasteiger partial charge in [-0.15, -0.1) is 0 Å². The van der Waals surface area contributed by atoms with E-state index in [-0.39, 0.29) is 16.7 Å². The van der Waals surface area contributed by atoms with Crippen LogP contribution in [0.1, 0.15) is 0 Å². The summed E-state index contributed by atoms with van der Waals surface area (Å²) in [4.78, 5) is 0. The van der Waals surface area contributed by atoms with Crippen molar-refractivity contribution >= 4 is 10.9 Å². The van der Waals surface area contributed by atoms with Crippen LogP contribution in [0.3, 0.4) is 0 Å². The molecule has 1 aliphatic rings.